The molecular weight excluding hydrogens is 612 g/mol. The summed E-state index contributed by atoms with van der Waals surface area (Å²) in [4.78, 5) is 61.5. The van der Waals surface area contributed by atoms with Gasteiger partial charge in [-0.05, 0) is 60.4 Å². The summed E-state index contributed by atoms with van der Waals surface area (Å²) < 4.78 is 0. The number of nitrogens with one attached hydrogen (secondary N) is 1. The second-order valence-electron chi connectivity index (χ2n) is 13.5. The van der Waals surface area contributed by atoms with Crippen molar-refractivity contribution in [3.63, 3.8) is 0 Å². The van der Waals surface area contributed by atoms with E-state index in [1.807, 2.05) is 97.3 Å². The first-order valence-corrected chi connectivity index (χ1v) is 16.2. The van der Waals surface area contributed by atoms with Gasteiger partial charge in [-0.1, -0.05) is 62.7 Å². The number of aromatic nitrogens is 4. The summed E-state index contributed by atoms with van der Waals surface area (Å²) in [7, 11) is 0. The topological polar surface area (TPSA) is 112 Å². The molecule has 9 nitrogen and oxygen atoms in total. The highest BCUT2D eigenvalue weighted by molar-refractivity contribution is 6.29. The lowest BCUT2D eigenvalue weighted by Crippen LogP contribution is -2.53. The number of pyridine rings is 3. The molecule has 7 rings (SSSR count). The Morgan fingerprint density at radius 2 is 1.57 bits per heavy atom. The van der Waals surface area contributed by atoms with Gasteiger partial charge < -0.3 is 14.8 Å². The van der Waals surface area contributed by atoms with E-state index in [-0.39, 0.29) is 36.1 Å². The molecule has 0 spiro atoms. The van der Waals surface area contributed by atoms with Gasteiger partial charge in [-0.15, -0.1) is 0 Å². The van der Waals surface area contributed by atoms with Gasteiger partial charge in [-0.3, -0.25) is 19.4 Å². The van der Waals surface area contributed by atoms with Crippen molar-refractivity contribution in [3.05, 3.63) is 102 Å². The van der Waals surface area contributed by atoms with Gasteiger partial charge in [0.15, 0.2) is 5.78 Å². The number of piperazine rings is 1. The van der Waals surface area contributed by atoms with Crippen LogP contribution in [0.4, 0.5) is 0 Å². The van der Waals surface area contributed by atoms with Crippen molar-refractivity contribution in [2.24, 2.45) is 11.3 Å². The SMILES string of the molecule is CC(C)(C)[C@H](CC(=O)c1cc2ccccc2[nH]1)C(=O)N1C[C@@H]2C[C@H]1CN2C(=O)c1ccc(-c2cccc(-c3cccc(Cl)n3)n2)cn1. The van der Waals surface area contributed by atoms with Crippen LogP contribution in [0.3, 0.4) is 0 Å². The maximum absolute atomic E-state index is 14.0. The Hall–Kier alpha value is -4.89. The summed E-state index contributed by atoms with van der Waals surface area (Å²) in [6.07, 6.45) is 2.50. The number of benzene rings is 1. The fourth-order valence-corrected chi connectivity index (χ4v) is 6.94. The van der Waals surface area contributed by atoms with Crippen molar-refractivity contribution >= 4 is 40.1 Å². The molecule has 0 radical (unpaired) electrons. The van der Waals surface area contributed by atoms with E-state index >= 15 is 0 Å². The van der Waals surface area contributed by atoms with Crippen molar-refractivity contribution in [2.45, 2.75) is 45.7 Å². The molecule has 4 aromatic heterocycles. The number of nitrogens with zero attached hydrogens (tertiary/aromatic N) is 5. The van der Waals surface area contributed by atoms with Gasteiger partial charge in [-0.25, -0.2) is 9.97 Å². The van der Waals surface area contributed by atoms with Crippen LogP contribution in [0.25, 0.3) is 33.5 Å². The molecule has 1 aromatic carbocycles. The standard InChI is InChI=1S/C37H35ClN6O3/c1-37(2,3)26(18-33(45)32-16-22-8-4-5-9-27(22)41-32)35(46)43-20-25-17-24(43)21-44(25)36(47)31-15-14-23(19-39-31)28-10-6-11-29(40-28)30-12-7-13-34(38)42-30/h4-16,19,24-26,41H,17-18,20-21H2,1-3H3/t24-,25-,26+/m0/s1. The van der Waals surface area contributed by atoms with E-state index in [0.29, 0.717) is 46.7 Å². The zero-order valence-corrected chi connectivity index (χ0v) is 27.2. The number of Topliss-reactive ketones (excluding diaryl/α,β-unsaturated/α-hetero) is 1. The van der Waals surface area contributed by atoms with E-state index in [9.17, 15) is 14.4 Å². The molecule has 1 N–H and O–H groups in total. The third kappa shape index (κ3) is 6.03. The van der Waals surface area contributed by atoms with E-state index in [0.717, 1.165) is 22.9 Å². The number of para-hydroxylation sites is 1. The molecular formula is C37H35ClN6O3. The molecule has 2 aliphatic heterocycles. The predicted molar refractivity (Wildman–Crippen MR) is 181 cm³/mol. The number of fused-ring (bicyclic) bond motifs is 3. The van der Waals surface area contributed by atoms with Gasteiger partial charge in [0.05, 0.1) is 40.8 Å². The molecule has 10 heteroatoms. The molecule has 6 heterocycles. The molecule has 0 unspecified atom stereocenters. The lowest BCUT2D eigenvalue weighted by atomic mass is 9.76. The average Bonchev–Trinajstić information content (AvgIpc) is 3.81. The minimum absolute atomic E-state index is 0.0215. The minimum atomic E-state index is -0.485. The number of likely N-dealkylation sites (tertiary alicyclic amines) is 2. The zero-order chi connectivity index (χ0) is 32.9. The highest BCUT2D eigenvalue weighted by atomic mass is 35.5. The Morgan fingerprint density at radius 1 is 0.872 bits per heavy atom. The van der Waals surface area contributed by atoms with Gasteiger partial charge in [0.25, 0.3) is 5.91 Å². The smallest absolute Gasteiger partial charge is 0.272 e. The third-order valence-electron chi connectivity index (χ3n) is 9.35. The van der Waals surface area contributed by atoms with Crippen LogP contribution in [0.2, 0.25) is 5.15 Å². The fraction of sp³-hybridized carbons (Fsp3) is 0.297. The second kappa shape index (κ2) is 12.0. The molecule has 2 amide bonds. The average molecular weight is 647 g/mol. The van der Waals surface area contributed by atoms with Crippen LogP contribution in [-0.2, 0) is 4.79 Å². The lowest BCUT2D eigenvalue weighted by molar-refractivity contribution is -0.141. The summed E-state index contributed by atoms with van der Waals surface area (Å²) in [6.45, 7) is 6.92. The first-order chi connectivity index (χ1) is 22.5. The van der Waals surface area contributed by atoms with Gasteiger partial charge in [-0.2, -0.15) is 0 Å². The normalized spacial score (nSPS) is 18.1. The van der Waals surface area contributed by atoms with Crippen LogP contribution < -0.4 is 0 Å². The van der Waals surface area contributed by atoms with Crippen LogP contribution in [0.1, 0.15) is 54.6 Å². The van der Waals surface area contributed by atoms with Crippen molar-refractivity contribution in [2.75, 3.05) is 13.1 Å². The van der Waals surface area contributed by atoms with Crippen molar-refractivity contribution in [1.29, 1.82) is 0 Å². The maximum Gasteiger partial charge on any atom is 0.272 e. The van der Waals surface area contributed by atoms with Crippen molar-refractivity contribution < 1.29 is 14.4 Å². The monoisotopic (exact) mass is 646 g/mol. The fourth-order valence-electron chi connectivity index (χ4n) is 6.78. The molecule has 5 aromatic rings. The minimum Gasteiger partial charge on any atom is -0.352 e. The number of rotatable bonds is 7. The molecule has 0 aliphatic carbocycles. The van der Waals surface area contributed by atoms with Gasteiger partial charge in [0.2, 0.25) is 5.91 Å². The van der Waals surface area contributed by atoms with Crippen LogP contribution in [0, 0.1) is 11.3 Å². The first kappa shape index (κ1) is 30.7. The van der Waals surface area contributed by atoms with Crippen LogP contribution in [0.5, 0.6) is 0 Å². The van der Waals surface area contributed by atoms with Crippen molar-refractivity contribution in [3.8, 4) is 22.6 Å². The molecule has 0 saturated carbocycles. The lowest BCUT2D eigenvalue weighted by Gasteiger charge is -2.39. The number of ketones is 1. The Kier molecular flexibility index (Phi) is 7.88. The number of carbonyl (C=O) groups is 3. The number of aromatic amines is 1. The Bertz CT molecular complexity index is 1970. The first-order valence-electron chi connectivity index (χ1n) is 15.8. The quantitative estimate of drug-likeness (QED) is 0.156. The zero-order valence-electron chi connectivity index (χ0n) is 26.5. The number of amides is 2. The highest BCUT2D eigenvalue weighted by Gasteiger charge is 2.50. The summed E-state index contributed by atoms with van der Waals surface area (Å²) >= 11 is 6.06. The van der Waals surface area contributed by atoms with Crippen molar-refractivity contribution in [1.82, 2.24) is 29.7 Å². The van der Waals surface area contributed by atoms with Crippen LogP contribution in [-0.4, -0.2) is 72.5 Å². The molecule has 2 saturated heterocycles. The van der Waals surface area contributed by atoms with Gasteiger partial charge >= 0.3 is 0 Å². The van der Waals surface area contributed by atoms with Gasteiger partial charge in [0, 0.05) is 42.2 Å². The molecule has 2 fully saturated rings. The summed E-state index contributed by atoms with van der Waals surface area (Å²) in [5, 5.41) is 1.37. The maximum atomic E-state index is 14.0. The van der Waals surface area contributed by atoms with E-state index in [2.05, 4.69) is 15.0 Å². The van der Waals surface area contributed by atoms with Crippen LogP contribution in [0.15, 0.2) is 85.1 Å². The summed E-state index contributed by atoms with van der Waals surface area (Å²) in [5.74, 6) is -0.733. The Balaban J connectivity index is 1.02. The number of H-pyrrole nitrogens is 1. The number of halogens is 1. The number of hydrogen-bond donors (Lipinski definition) is 1. The Labute approximate surface area is 278 Å². The molecule has 2 aliphatic rings. The van der Waals surface area contributed by atoms with E-state index in [1.54, 1.807) is 18.3 Å². The van der Waals surface area contributed by atoms with Crippen LogP contribution >= 0.6 is 11.6 Å². The van der Waals surface area contributed by atoms with E-state index in [4.69, 9.17) is 16.6 Å². The second-order valence-corrected chi connectivity index (χ2v) is 13.9. The molecule has 238 valence electrons. The molecule has 3 atom stereocenters. The number of hydrogen-bond acceptors (Lipinski definition) is 6. The molecule has 47 heavy (non-hydrogen) atoms. The van der Waals surface area contributed by atoms with Gasteiger partial charge in [0.1, 0.15) is 10.8 Å². The Morgan fingerprint density at radius 3 is 2.26 bits per heavy atom. The molecule has 2 bridgehead atoms. The van der Waals surface area contributed by atoms with E-state index in [1.165, 1.54) is 0 Å². The largest absolute Gasteiger partial charge is 0.352 e. The summed E-state index contributed by atoms with van der Waals surface area (Å²) in [5.41, 5.74) is 4.20. The number of carbonyl (C=O) groups excluding carboxylic acids is 3. The van der Waals surface area contributed by atoms with E-state index < -0.39 is 11.3 Å². The third-order valence-corrected chi connectivity index (χ3v) is 9.56. The summed E-state index contributed by atoms with van der Waals surface area (Å²) in [6, 6.07) is 24.1. The predicted octanol–water partition coefficient (Wildman–Crippen LogP) is 6.70. The highest BCUT2D eigenvalue weighted by Crippen LogP contribution is 2.38.